The van der Waals surface area contributed by atoms with Gasteiger partial charge in [-0.3, -0.25) is 14.7 Å². The van der Waals surface area contributed by atoms with Gasteiger partial charge in [-0.25, -0.2) is 0 Å². The summed E-state index contributed by atoms with van der Waals surface area (Å²) in [6, 6.07) is 6.00. The van der Waals surface area contributed by atoms with Crippen LogP contribution in [-0.4, -0.2) is 47.6 Å². The molecule has 4 rings (SSSR count). The second-order valence-corrected chi connectivity index (χ2v) is 7.35. The molecule has 2 aromatic heterocycles. The van der Waals surface area contributed by atoms with Gasteiger partial charge < -0.3 is 9.64 Å². The Bertz CT molecular complexity index is 682. The van der Waals surface area contributed by atoms with Crippen LogP contribution in [0.15, 0.2) is 41.4 Å². The number of hydrogen-bond donors (Lipinski definition) is 0. The van der Waals surface area contributed by atoms with Crippen LogP contribution in [0.25, 0.3) is 0 Å². The molecule has 24 heavy (non-hydrogen) atoms. The van der Waals surface area contributed by atoms with E-state index in [0.29, 0.717) is 6.54 Å². The molecule has 0 aliphatic carbocycles. The molecule has 0 N–H and O–H groups in total. The quantitative estimate of drug-likeness (QED) is 0.859. The van der Waals surface area contributed by atoms with Gasteiger partial charge >= 0.3 is 0 Å². The van der Waals surface area contributed by atoms with Crippen LogP contribution in [-0.2, 0) is 16.1 Å². The summed E-state index contributed by atoms with van der Waals surface area (Å²) in [5.41, 5.74) is 2.04. The van der Waals surface area contributed by atoms with E-state index in [2.05, 4.69) is 26.7 Å². The van der Waals surface area contributed by atoms with E-state index in [0.717, 1.165) is 38.2 Å². The zero-order valence-electron chi connectivity index (χ0n) is 13.6. The number of carbonyl (C=O) groups is 1. The van der Waals surface area contributed by atoms with E-state index in [4.69, 9.17) is 4.74 Å². The van der Waals surface area contributed by atoms with Crippen LogP contribution in [0.4, 0.5) is 5.69 Å². The maximum absolute atomic E-state index is 12.3. The summed E-state index contributed by atoms with van der Waals surface area (Å²) in [6.07, 6.45) is 5.40. The number of nitrogens with zero attached hydrogens (tertiary/aromatic N) is 3. The molecule has 2 aliphatic heterocycles. The molecule has 0 atom stereocenters. The Morgan fingerprint density at radius 3 is 2.88 bits per heavy atom. The predicted molar refractivity (Wildman–Crippen MR) is 94.1 cm³/mol. The fraction of sp³-hybridized carbons (Fsp3) is 0.444. The number of pyridine rings is 1. The van der Waals surface area contributed by atoms with Gasteiger partial charge in [-0.1, -0.05) is 0 Å². The zero-order chi connectivity index (χ0) is 16.4. The lowest BCUT2D eigenvalue weighted by Crippen LogP contribution is -2.58. The highest BCUT2D eigenvalue weighted by atomic mass is 32.1. The van der Waals surface area contributed by atoms with Crippen molar-refractivity contribution in [3.63, 3.8) is 0 Å². The van der Waals surface area contributed by atoms with Crippen LogP contribution in [0.3, 0.4) is 0 Å². The Morgan fingerprint density at radius 2 is 2.17 bits per heavy atom. The molecule has 4 heterocycles. The highest BCUT2D eigenvalue weighted by Gasteiger charge is 2.42. The number of amides is 1. The summed E-state index contributed by atoms with van der Waals surface area (Å²) in [4.78, 5) is 20.7. The molecule has 2 fully saturated rings. The monoisotopic (exact) mass is 343 g/mol. The van der Waals surface area contributed by atoms with Crippen LogP contribution < -0.4 is 4.90 Å². The average molecular weight is 343 g/mol. The van der Waals surface area contributed by atoms with Crippen LogP contribution in [0.2, 0.25) is 0 Å². The van der Waals surface area contributed by atoms with E-state index in [9.17, 15) is 4.79 Å². The Kier molecular flexibility index (Phi) is 4.35. The number of hydrogen-bond acceptors (Lipinski definition) is 5. The summed E-state index contributed by atoms with van der Waals surface area (Å²) in [5, 5.41) is 4.34. The smallest absolute Gasteiger partial charge is 0.253 e. The molecule has 126 valence electrons. The van der Waals surface area contributed by atoms with Gasteiger partial charge in [0.05, 0.1) is 24.0 Å². The average Bonchev–Trinajstić information content (AvgIpc) is 3.13. The molecule has 0 aromatic carbocycles. The van der Waals surface area contributed by atoms with Crippen molar-refractivity contribution in [3.8, 4) is 0 Å². The lowest BCUT2D eigenvalue weighted by atomic mass is 9.89. The Hall–Kier alpha value is -1.76. The topological polar surface area (TPSA) is 45.7 Å². The molecule has 2 aromatic rings. The number of anilines is 1. The first-order valence-electron chi connectivity index (χ1n) is 8.32. The van der Waals surface area contributed by atoms with E-state index >= 15 is 0 Å². The maximum atomic E-state index is 12.3. The second-order valence-electron chi connectivity index (χ2n) is 6.57. The van der Waals surface area contributed by atoms with Gasteiger partial charge in [0.25, 0.3) is 5.91 Å². The van der Waals surface area contributed by atoms with Crippen molar-refractivity contribution in [1.82, 2.24) is 9.88 Å². The number of piperidine rings is 1. The maximum Gasteiger partial charge on any atom is 0.253 e. The second kappa shape index (κ2) is 6.63. The van der Waals surface area contributed by atoms with Gasteiger partial charge in [-0.15, -0.1) is 0 Å². The standard InChI is InChI=1S/C18H21N3O2S/c22-17-12-23-18(14-21(17)16-2-1-6-19-10-16)4-7-20(8-5-18)11-15-3-9-24-13-15/h1-3,6,9-10,13H,4-5,7-8,11-12,14H2. The van der Waals surface area contributed by atoms with E-state index in [-0.39, 0.29) is 18.1 Å². The van der Waals surface area contributed by atoms with Gasteiger partial charge in [-0.05, 0) is 47.4 Å². The molecule has 6 heteroatoms. The van der Waals surface area contributed by atoms with Crippen molar-refractivity contribution < 1.29 is 9.53 Å². The zero-order valence-corrected chi connectivity index (χ0v) is 14.4. The molecule has 1 spiro atoms. The summed E-state index contributed by atoms with van der Waals surface area (Å²) >= 11 is 1.75. The highest BCUT2D eigenvalue weighted by molar-refractivity contribution is 7.07. The van der Waals surface area contributed by atoms with Gasteiger partial charge in [0.1, 0.15) is 6.61 Å². The molecule has 0 saturated carbocycles. The first-order valence-corrected chi connectivity index (χ1v) is 9.26. The fourth-order valence-electron chi connectivity index (χ4n) is 3.53. The van der Waals surface area contributed by atoms with E-state index in [1.165, 1.54) is 5.56 Å². The summed E-state index contributed by atoms with van der Waals surface area (Å²) < 4.78 is 6.02. The van der Waals surface area contributed by atoms with Crippen LogP contribution in [0, 0.1) is 0 Å². The van der Waals surface area contributed by atoms with Crippen LogP contribution in [0.1, 0.15) is 18.4 Å². The van der Waals surface area contributed by atoms with E-state index < -0.39 is 0 Å². The number of aromatic nitrogens is 1. The molecule has 2 aliphatic rings. The van der Waals surface area contributed by atoms with Crippen molar-refractivity contribution in [2.24, 2.45) is 0 Å². The first kappa shape index (κ1) is 15.7. The van der Waals surface area contributed by atoms with Gasteiger partial charge in [0, 0.05) is 25.8 Å². The van der Waals surface area contributed by atoms with Gasteiger partial charge in [0.15, 0.2) is 0 Å². The van der Waals surface area contributed by atoms with Crippen molar-refractivity contribution in [3.05, 3.63) is 46.9 Å². The van der Waals surface area contributed by atoms with Crippen molar-refractivity contribution >= 4 is 22.9 Å². The third kappa shape index (κ3) is 3.22. The molecule has 5 nitrogen and oxygen atoms in total. The molecule has 2 saturated heterocycles. The number of carbonyl (C=O) groups excluding carboxylic acids is 1. The Balaban J connectivity index is 1.42. The Morgan fingerprint density at radius 1 is 1.29 bits per heavy atom. The van der Waals surface area contributed by atoms with Crippen LogP contribution >= 0.6 is 11.3 Å². The molecule has 1 amide bonds. The molecular weight excluding hydrogens is 322 g/mol. The molecule has 0 bridgehead atoms. The highest BCUT2D eigenvalue weighted by Crippen LogP contribution is 2.33. The largest absolute Gasteiger partial charge is 0.363 e. The van der Waals surface area contributed by atoms with Crippen molar-refractivity contribution in [2.45, 2.75) is 25.0 Å². The van der Waals surface area contributed by atoms with E-state index in [1.807, 2.05) is 17.0 Å². The third-order valence-electron chi connectivity index (χ3n) is 4.96. The number of likely N-dealkylation sites (tertiary alicyclic amines) is 1. The summed E-state index contributed by atoms with van der Waals surface area (Å²) in [6.45, 7) is 3.81. The third-order valence-corrected chi connectivity index (χ3v) is 5.69. The minimum atomic E-state index is -0.213. The number of thiophene rings is 1. The summed E-state index contributed by atoms with van der Waals surface area (Å²) in [5.74, 6) is 0.0225. The number of rotatable bonds is 3. The van der Waals surface area contributed by atoms with E-state index in [1.54, 1.807) is 23.7 Å². The molecular formula is C18H21N3O2S. The van der Waals surface area contributed by atoms with Gasteiger partial charge in [0.2, 0.25) is 0 Å². The molecule has 0 unspecified atom stereocenters. The number of morpholine rings is 1. The SMILES string of the molecule is O=C1COC2(CCN(Cc3ccsc3)CC2)CN1c1cccnc1. The minimum absolute atomic E-state index is 0.0225. The number of ether oxygens (including phenoxy) is 1. The first-order chi connectivity index (χ1) is 11.7. The van der Waals surface area contributed by atoms with Crippen molar-refractivity contribution in [2.75, 3.05) is 31.1 Å². The lowest BCUT2D eigenvalue weighted by molar-refractivity contribution is -0.144. The lowest BCUT2D eigenvalue weighted by Gasteiger charge is -2.46. The Labute approximate surface area is 145 Å². The van der Waals surface area contributed by atoms with Crippen LogP contribution in [0.5, 0.6) is 0 Å². The van der Waals surface area contributed by atoms with Gasteiger partial charge in [-0.2, -0.15) is 11.3 Å². The fourth-order valence-corrected chi connectivity index (χ4v) is 4.19. The minimum Gasteiger partial charge on any atom is -0.363 e. The normalized spacial score (nSPS) is 21.3. The predicted octanol–water partition coefficient (Wildman–Crippen LogP) is 2.54. The molecule has 0 radical (unpaired) electrons. The summed E-state index contributed by atoms with van der Waals surface area (Å²) in [7, 11) is 0. The van der Waals surface area contributed by atoms with Crippen molar-refractivity contribution in [1.29, 1.82) is 0 Å².